The van der Waals surface area contributed by atoms with Crippen molar-refractivity contribution in [3.63, 3.8) is 0 Å². The Hall–Kier alpha value is -0.290. The zero-order chi connectivity index (χ0) is 8.27. The van der Waals surface area contributed by atoms with Crippen LogP contribution in [0.15, 0.2) is 15.7 Å². The second kappa shape index (κ2) is 3.92. The number of anilines is 1. The smallest absolute Gasteiger partial charge is 0.223 e. The lowest BCUT2D eigenvalue weighted by Gasteiger charge is -2.01. The summed E-state index contributed by atoms with van der Waals surface area (Å²) >= 11 is 4.93. The molecule has 3 nitrogen and oxygen atoms in total. The fraction of sp³-hybridized carbons (Fsp3) is 0.333. The van der Waals surface area contributed by atoms with E-state index in [9.17, 15) is 0 Å². The van der Waals surface area contributed by atoms with Gasteiger partial charge in [0.25, 0.3) is 0 Å². The molecule has 0 fully saturated rings. The van der Waals surface area contributed by atoms with Gasteiger partial charge in [-0.25, -0.2) is 9.97 Å². The first-order valence-corrected chi connectivity index (χ1v) is 5.04. The summed E-state index contributed by atoms with van der Waals surface area (Å²) in [5, 5.41) is 3.82. The van der Waals surface area contributed by atoms with E-state index in [1.54, 1.807) is 25.0 Å². The van der Waals surface area contributed by atoms with Crippen LogP contribution in [-0.2, 0) is 0 Å². The zero-order valence-corrected chi connectivity index (χ0v) is 8.66. The van der Waals surface area contributed by atoms with Crippen LogP contribution in [0.5, 0.6) is 0 Å². The summed E-state index contributed by atoms with van der Waals surface area (Å²) in [5.41, 5.74) is 0. The normalized spacial score (nSPS) is 9.73. The predicted molar refractivity (Wildman–Crippen MR) is 51.1 cm³/mol. The van der Waals surface area contributed by atoms with Crippen molar-refractivity contribution in [2.24, 2.45) is 0 Å². The zero-order valence-electron chi connectivity index (χ0n) is 6.26. The van der Waals surface area contributed by atoms with E-state index in [0.717, 1.165) is 9.50 Å². The predicted octanol–water partition coefficient (Wildman–Crippen LogP) is 2.00. The van der Waals surface area contributed by atoms with Crippen molar-refractivity contribution in [3.05, 3.63) is 10.7 Å². The third kappa shape index (κ3) is 2.07. The number of thioether (sulfide) groups is 1. The van der Waals surface area contributed by atoms with Gasteiger partial charge in [-0.3, -0.25) is 0 Å². The maximum atomic E-state index is 4.20. The molecular weight excluding hydrogens is 226 g/mol. The molecule has 0 amide bonds. The van der Waals surface area contributed by atoms with Gasteiger partial charge in [0.05, 0.1) is 4.47 Å². The number of halogens is 1. The van der Waals surface area contributed by atoms with Crippen molar-refractivity contribution in [2.75, 3.05) is 18.6 Å². The molecule has 0 aliphatic rings. The van der Waals surface area contributed by atoms with Gasteiger partial charge in [-0.15, -0.1) is 11.8 Å². The Morgan fingerprint density at radius 3 is 2.91 bits per heavy atom. The van der Waals surface area contributed by atoms with Gasteiger partial charge >= 0.3 is 0 Å². The molecule has 0 saturated heterocycles. The van der Waals surface area contributed by atoms with Crippen LogP contribution < -0.4 is 5.32 Å². The lowest BCUT2D eigenvalue weighted by atomic mass is 10.7. The van der Waals surface area contributed by atoms with Gasteiger partial charge in [-0.05, 0) is 22.2 Å². The van der Waals surface area contributed by atoms with E-state index in [0.29, 0.717) is 5.95 Å². The van der Waals surface area contributed by atoms with Crippen LogP contribution >= 0.6 is 27.7 Å². The largest absolute Gasteiger partial charge is 0.357 e. The molecule has 60 valence electrons. The molecule has 1 aromatic heterocycles. The number of aromatic nitrogens is 2. The van der Waals surface area contributed by atoms with Crippen LogP contribution in [0.25, 0.3) is 0 Å². The molecule has 5 heteroatoms. The Morgan fingerprint density at radius 2 is 2.36 bits per heavy atom. The summed E-state index contributed by atoms with van der Waals surface area (Å²) in [6, 6.07) is 0. The molecule has 0 atom stereocenters. The van der Waals surface area contributed by atoms with E-state index in [1.165, 1.54) is 0 Å². The van der Waals surface area contributed by atoms with Crippen molar-refractivity contribution in [1.82, 2.24) is 9.97 Å². The van der Waals surface area contributed by atoms with Crippen molar-refractivity contribution < 1.29 is 0 Å². The minimum atomic E-state index is 0.651. The second-order valence-electron chi connectivity index (χ2n) is 1.80. The summed E-state index contributed by atoms with van der Waals surface area (Å²) in [6.45, 7) is 0. The summed E-state index contributed by atoms with van der Waals surface area (Å²) in [4.78, 5) is 8.23. The van der Waals surface area contributed by atoms with Crippen LogP contribution in [0.2, 0.25) is 0 Å². The van der Waals surface area contributed by atoms with Gasteiger partial charge in [0.1, 0.15) is 5.03 Å². The molecule has 0 unspecified atom stereocenters. The highest BCUT2D eigenvalue weighted by Gasteiger charge is 2.00. The standard InChI is InChI=1S/C6H8BrN3S/c1-8-6-9-3-4(7)5(10-6)11-2/h3H,1-2H3,(H,8,9,10). The lowest BCUT2D eigenvalue weighted by molar-refractivity contribution is 1.03. The van der Waals surface area contributed by atoms with Crippen LogP contribution in [0.4, 0.5) is 5.95 Å². The van der Waals surface area contributed by atoms with Crippen molar-refractivity contribution in [2.45, 2.75) is 5.03 Å². The molecule has 0 bridgehead atoms. The van der Waals surface area contributed by atoms with E-state index in [4.69, 9.17) is 0 Å². The molecule has 0 radical (unpaired) electrons. The topological polar surface area (TPSA) is 37.8 Å². The molecule has 1 aromatic rings. The molecule has 0 aliphatic heterocycles. The quantitative estimate of drug-likeness (QED) is 0.627. The highest BCUT2D eigenvalue weighted by Crippen LogP contribution is 2.22. The summed E-state index contributed by atoms with van der Waals surface area (Å²) in [6.07, 6.45) is 3.72. The summed E-state index contributed by atoms with van der Waals surface area (Å²) < 4.78 is 0.934. The monoisotopic (exact) mass is 233 g/mol. The molecule has 11 heavy (non-hydrogen) atoms. The molecule has 0 aliphatic carbocycles. The third-order valence-corrected chi connectivity index (χ3v) is 2.67. The number of hydrogen-bond donors (Lipinski definition) is 1. The van der Waals surface area contributed by atoms with Gasteiger partial charge < -0.3 is 5.32 Å². The Bertz CT molecular complexity index is 254. The van der Waals surface area contributed by atoms with Crippen LogP contribution in [0.3, 0.4) is 0 Å². The molecule has 0 saturated carbocycles. The SMILES string of the molecule is CNc1ncc(Br)c(SC)n1. The Labute approximate surface area is 78.1 Å². The average Bonchev–Trinajstić information content (AvgIpc) is 2.05. The van der Waals surface area contributed by atoms with E-state index in [2.05, 4.69) is 31.2 Å². The van der Waals surface area contributed by atoms with Gasteiger partial charge in [-0.1, -0.05) is 0 Å². The van der Waals surface area contributed by atoms with E-state index in [1.807, 2.05) is 6.26 Å². The third-order valence-electron chi connectivity index (χ3n) is 1.13. The Morgan fingerprint density at radius 1 is 1.64 bits per heavy atom. The van der Waals surface area contributed by atoms with Gasteiger partial charge in [0.15, 0.2) is 0 Å². The van der Waals surface area contributed by atoms with Crippen molar-refractivity contribution in [3.8, 4) is 0 Å². The molecule has 1 heterocycles. The van der Waals surface area contributed by atoms with Crippen LogP contribution in [-0.4, -0.2) is 23.3 Å². The lowest BCUT2D eigenvalue weighted by Crippen LogP contribution is -1.96. The molecule has 0 aromatic carbocycles. The number of nitrogens with zero attached hydrogens (tertiary/aromatic N) is 2. The summed E-state index contributed by atoms with van der Waals surface area (Å²) in [5.74, 6) is 0.651. The Kier molecular flexibility index (Phi) is 3.14. The molecule has 1 rings (SSSR count). The first-order valence-electron chi connectivity index (χ1n) is 3.02. The number of nitrogens with one attached hydrogen (secondary N) is 1. The van der Waals surface area contributed by atoms with Crippen molar-refractivity contribution >= 4 is 33.6 Å². The van der Waals surface area contributed by atoms with E-state index in [-0.39, 0.29) is 0 Å². The number of rotatable bonds is 2. The Balaban J connectivity index is 3.02. The fourth-order valence-electron chi connectivity index (χ4n) is 0.615. The highest BCUT2D eigenvalue weighted by molar-refractivity contribution is 9.10. The molecule has 0 spiro atoms. The first-order chi connectivity index (χ1) is 5.27. The fourth-order valence-corrected chi connectivity index (χ4v) is 1.72. The maximum absolute atomic E-state index is 4.20. The first kappa shape index (κ1) is 8.80. The van der Waals surface area contributed by atoms with Crippen LogP contribution in [0.1, 0.15) is 0 Å². The molecular formula is C6H8BrN3S. The maximum Gasteiger partial charge on any atom is 0.223 e. The van der Waals surface area contributed by atoms with Gasteiger partial charge in [0.2, 0.25) is 5.95 Å². The minimum absolute atomic E-state index is 0.651. The van der Waals surface area contributed by atoms with E-state index >= 15 is 0 Å². The second-order valence-corrected chi connectivity index (χ2v) is 3.45. The van der Waals surface area contributed by atoms with Gasteiger partial charge in [-0.2, -0.15) is 0 Å². The summed E-state index contributed by atoms with van der Waals surface area (Å²) in [7, 11) is 1.80. The van der Waals surface area contributed by atoms with Gasteiger partial charge in [0, 0.05) is 13.2 Å². The van der Waals surface area contributed by atoms with E-state index < -0.39 is 0 Å². The highest BCUT2D eigenvalue weighted by atomic mass is 79.9. The van der Waals surface area contributed by atoms with Crippen LogP contribution in [0, 0.1) is 0 Å². The van der Waals surface area contributed by atoms with Crippen molar-refractivity contribution in [1.29, 1.82) is 0 Å². The molecule has 1 N–H and O–H groups in total. The average molecular weight is 234 g/mol. The minimum Gasteiger partial charge on any atom is -0.357 e. The number of hydrogen-bond acceptors (Lipinski definition) is 4.